The minimum absolute atomic E-state index is 0.0806. The molecule has 0 aliphatic rings. The SMILES string of the molecule is O=C(O)C(O)(CCCc1ccccc1)C[P+](=O)CSc1cccc2ccccc12. The lowest BCUT2D eigenvalue weighted by Crippen LogP contribution is -2.41. The Morgan fingerprint density at radius 2 is 1.66 bits per heavy atom. The molecule has 0 aliphatic carbocycles. The van der Waals surface area contributed by atoms with E-state index in [0.29, 0.717) is 12.8 Å². The van der Waals surface area contributed by atoms with Crippen LogP contribution in [0.2, 0.25) is 0 Å². The second kappa shape index (κ2) is 10.0. The Morgan fingerprint density at radius 3 is 2.41 bits per heavy atom. The van der Waals surface area contributed by atoms with E-state index in [4.69, 9.17) is 0 Å². The van der Waals surface area contributed by atoms with Crippen molar-refractivity contribution in [1.82, 2.24) is 0 Å². The third-order valence-electron chi connectivity index (χ3n) is 4.85. The van der Waals surface area contributed by atoms with Crippen molar-refractivity contribution in [3.05, 3.63) is 78.4 Å². The minimum Gasteiger partial charge on any atom is -0.479 e. The molecule has 0 radical (unpaired) electrons. The fraction of sp³-hybridized carbons (Fsp3) is 0.261. The standard InChI is InChI=1S/C23H23O4PS/c24-22(25)23(26,15-7-10-18-8-2-1-3-9-18)16-28(27)17-29-21-14-6-12-19-11-4-5-13-20(19)21/h1-6,8-9,11-14,26H,7,10,15-17H2/p+1. The Hall–Kier alpha value is -2.20. The van der Waals surface area contributed by atoms with Gasteiger partial charge in [0.1, 0.15) is 0 Å². The summed E-state index contributed by atoms with van der Waals surface area (Å²) >= 11 is 1.44. The Kier molecular flexibility index (Phi) is 7.43. The molecule has 0 aromatic heterocycles. The summed E-state index contributed by atoms with van der Waals surface area (Å²) < 4.78 is 12.6. The van der Waals surface area contributed by atoms with E-state index in [-0.39, 0.29) is 18.1 Å². The molecule has 0 saturated heterocycles. The summed E-state index contributed by atoms with van der Waals surface area (Å²) in [6, 6.07) is 23.7. The lowest BCUT2D eigenvalue weighted by molar-refractivity contribution is -0.156. The summed E-state index contributed by atoms with van der Waals surface area (Å²) in [6.45, 7) is 0. The zero-order valence-corrected chi connectivity index (χ0v) is 17.7. The predicted octanol–water partition coefficient (Wildman–Crippen LogP) is 5.56. The number of carboxylic acid groups (broad SMARTS) is 1. The number of fused-ring (bicyclic) bond motifs is 1. The van der Waals surface area contributed by atoms with Gasteiger partial charge in [0.2, 0.25) is 5.60 Å². The van der Waals surface area contributed by atoms with Gasteiger partial charge in [0.15, 0.2) is 11.7 Å². The molecule has 3 aromatic carbocycles. The van der Waals surface area contributed by atoms with Gasteiger partial charge in [0.05, 0.1) is 0 Å². The molecule has 3 rings (SSSR count). The van der Waals surface area contributed by atoms with Crippen molar-refractivity contribution in [3.63, 3.8) is 0 Å². The first-order valence-electron chi connectivity index (χ1n) is 9.50. The molecule has 150 valence electrons. The maximum atomic E-state index is 12.6. The van der Waals surface area contributed by atoms with Gasteiger partial charge < -0.3 is 10.2 Å². The number of carboxylic acids is 1. The summed E-state index contributed by atoms with van der Waals surface area (Å²) in [4.78, 5) is 12.7. The third kappa shape index (κ3) is 5.89. The van der Waals surface area contributed by atoms with Crippen LogP contribution in [0.5, 0.6) is 0 Å². The molecule has 29 heavy (non-hydrogen) atoms. The first-order chi connectivity index (χ1) is 14.0. The lowest BCUT2D eigenvalue weighted by Gasteiger charge is -2.18. The second-order valence-electron chi connectivity index (χ2n) is 7.07. The van der Waals surface area contributed by atoms with Gasteiger partial charge in [-0.3, -0.25) is 0 Å². The lowest BCUT2D eigenvalue weighted by atomic mass is 9.97. The summed E-state index contributed by atoms with van der Waals surface area (Å²) in [5.41, 5.74) is -0.588. The topological polar surface area (TPSA) is 74.6 Å². The van der Waals surface area contributed by atoms with E-state index in [1.54, 1.807) is 0 Å². The van der Waals surface area contributed by atoms with Crippen LogP contribution in [0.15, 0.2) is 77.7 Å². The summed E-state index contributed by atoms with van der Waals surface area (Å²) in [5, 5.41) is 22.3. The van der Waals surface area contributed by atoms with E-state index in [1.165, 1.54) is 11.8 Å². The molecule has 0 bridgehead atoms. The number of aryl methyl sites for hydroxylation is 1. The largest absolute Gasteiger partial charge is 0.479 e. The minimum atomic E-state index is -1.96. The number of hydrogen-bond donors (Lipinski definition) is 2. The van der Waals surface area contributed by atoms with Gasteiger partial charge in [0, 0.05) is 4.90 Å². The smallest absolute Gasteiger partial charge is 0.353 e. The average molecular weight is 427 g/mol. The van der Waals surface area contributed by atoms with Crippen molar-refractivity contribution >= 4 is 36.3 Å². The van der Waals surface area contributed by atoms with Crippen LogP contribution >= 0.6 is 19.6 Å². The molecule has 4 nitrogen and oxygen atoms in total. The molecule has 6 heteroatoms. The van der Waals surface area contributed by atoms with E-state index in [2.05, 4.69) is 0 Å². The first-order valence-corrected chi connectivity index (χ1v) is 12.1. The number of carbonyl (C=O) groups is 1. The highest BCUT2D eigenvalue weighted by atomic mass is 32.2. The molecule has 3 aromatic rings. The van der Waals surface area contributed by atoms with Crippen molar-refractivity contribution in [2.45, 2.75) is 29.8 Å². The van der Waals surface area contributed by atoms with Gasteiger partial charge in [-0.25, -0.2) is 4.79 Å². The number of benzene rings is 3. The van der Waals surface area contributed by atoms with Crippen molar-refractivity contribution in [2.24, 2.45) is 0 Å². The Balaban J connectivity index is 1.58. The van der Waals surface area contributed by atoms with Crippen LogP contribution in [0.25, 0.3) is 10.8 Å². The summed E-state index contributed by atoms with van der Waals surface area (Å²) in [6.07, 6.45) is 1.05. The molecule has 2 atom stereocenters. The number of aliphatic carboxylic acids is 1. The van der Waals surface area contributed by atoms with Gasteiger partial charge in [0.25, 0.3) is 0 Å². The summed E-state index contributed by atoms with van der Waals surface area (Å²) in [7, 11) is -1.87. The van der Waals surface area contributed by atoms with Crippen LogP contribution in [-0.2, 0) is 15.8 Å². The van der Waals surface area contributed by atoms with Gasteiger partial charge in [-0.2, -0.15) is 0 Å². The van der Waals surface area contributed by atoms with Crippen LogP contribution in [0.4, 0.5) is 0 Å². The van der Waals surface area contributed by atoms with E-state index in [1.807, 2.05) is 72.8 Å². The maximum Gasteiger partial charge on any atom is 0.353 e. The van der Waals surface area contributed by atoms with Gasteiger partial charge in [-0.1, -0.05) is 83.1 Å². The number of aliphatic hydroxyl groups is 1. The van der Waals surface area contributed by atoms with E-state index < -0.39 is 19.4 Å². The number of hydrogen-bond acceptors (Lipinski definition) is 4. The molecule has 0 amide bonds. The monoisotopic (exact) mass is 427 g/mol. The molecule has 2 N–H and O–H groups in total. The molecule has 0 saturated carbocycles. The number of rotatable bonds is 10. The van der Waals surface area contributed by atoms with Crippen molar-refractivity contribution in [1.29, 1.82) is 0 Å². The van der Waals surface area contributed by atoms with Crippen LogP contribution in [0.1, 0.15) is 18.4 Å². The van der Waals surface area contributed by atoms with E-state index >= 15 is 0 Å². The molecule has 0 fully saturated rings. The average Bonchev–Trinajstić information content (AvgIpc) is 2.73. The zero-order valence-electron chi connectivity index (χ0n) is 16.0. The highest BCUT2D eigenvalue weighted by Crippen LogP contribution is 2.38. The molecular weight excluding hydrogens is 403 g/mol. The van der Waals surface area contributed by atoms with Crippen LogP contribution in [0, 0.1) is 0 Å². The molecule has 0 spiro atoms. The molecular formula is C23H24O4PS+. The predicted molar refractivity (Wildman–Crippen MR) is 119 cm³/mol. The quantitative estimate of drug-likeness (QED) is 0.328. The fourth-order valence-electron chi connectivity index (χ4n) is 3.28. The molecule has 0 aliphatic heterocycles. The Bertz CT molecular complexity index is 987. The van der Waals surface area contributed by atoms with E-state index in [0.717, 1.165) is 21.2 Å². The van der Waals surface area contributed by atoms with Crippen molar-refractivity contribution in [3.8, 4) is 0 Å². The molecule has 2 unspecified atom stereocenters. The van der Waals surface area contributed by atoms with Crippen LogP contribution in [-0.4, -0.2) is 33.4 Å². The Morgan fingerprint density at radius 1 is 0.966 bits per heavy atom. The van der Waals surface area contributed by atoms with E-state index in [9.17, 15) is 19.6 Å². The van der Waals surface area contributed by atoms with Crippen LogP contribution in [0.3, 0.4) is 0 Å². The Labute approximate surface area is 175 Å². The van der Waals surface area contributed by atoms with Gasteiger partial charge >= 0.3 is 13.8 Å². The fourth-order valence-corrected chi connectivity index (χ4v) is 6.17. The second-order valence-corrected chi connectivity index (χ2v) is 10.1. The summed E-state index contributed by atoms with van der Waals surface area (Å²) in [5.74, 6) is -1.30. The highest BCUT2D eigenvalue weighted by molar-refractivity contribution is 8.04. The van der Waals surface area contributed by atoms with Gasteiger partial charge in [-0.15, -0.1) is 0 Å². The normalized spacial score (nSPS) is 13.8. The van der Waals surface area contributed by atoms with Gasteiger partial charge in [-0.05, 0) is 41.7 Å². The third-order valence-corrected chi connectivity index (χ3v) is 8.06. The first kappa shape index (κ1) is 21.5. The van der Waals surface area contributed by atoms with Crippen molar-refractivity contribution in [2.75, 3.05) is 11.7 Å². The molecule has 0 heterocycles. The van der Waals surface area contributed by atoms with Crippen LogP contribution < -0.4 is 0 Å². The highest BCUT2D eigenvalue weighted by Gasteiger charge is 2.43. The maximum absolute atomic E-state index is 12.6. The van der Waals surface area contributed by atoms with Crippen molar-refractivity contribution < 1.29 is 19.6 Å². The number of thioether (sulfide) groups is 1. The zero-order chi connectivity index (χ0) is 20.7.